The summed E-state index contributed by atoms with van der Waals surface area (Å²) in [6, 6.07) is 3.54. The van der Waals surface area contributed by atoms with E-state index >= 15 is 0 Å². The summed E-state index contributed by atoms with van der Waals surface area (Å²) >= 11 is 0. The van der Waals surface area contributed by atoms with Crippen LogP contribution in [0.25, 0.3) is 0 Å². The van der Waals surface area contributed by atoms with Gasteiger partial charge in [0.1, 0.15) is 11.4 Å². The Labute approximate surface area is 142 Å². The Morgan fingerprint density at radius 1 is 1.08 bits per heavy atom. The lowest BCUT2D eigenvalue weighted by Crippen LogP contribution is -2.42. The molecule has 1 saturated carbocycles. The maximum atomic E-state index is 12.4. The third-order valence-corrected chi connectivity index (χ3v) is 3.97. The quantitative estimate of drug-likeness (QED) is 0.788. The molecule has 24 heavy (non-hydrogen) atoms. The Morgan fingerprint density at radius 3 is 2.33 bits per heavy atom. The van der Waals surface area contributed by atoms with E-state index in [4.69, 9.17) is 14.2 Å². The van der Waals surface area contributed by atoms with E-state index in [2.05, 4.69) is 4.98 Å². The van der Waals surface area contributed by atoms with Crippen molar-refractivity contribution in [1.82, 2.24) is 4.98 Å². The number of hydrogen-bond acceptors (Lipinski definition) is 6. The number of hydrogen-bond donors (Lipinski definition) is 0. The van der Waals surface area contributed by atoms with E-state index in [1.807, 2.05) is 20.8 Å². The number of rotatable bonds is 4. The van der Waals surface area contributed by atoms with Crippen LogP contribution in [0.5, 0.6) is 5.75 Å². The van der Waals surface area contributed by atoms with Crippen molar-refractivity contribution in [3.63, 3.8) is 0 Å². The second-order valence-corrected chi connectivity index (χ2v) is 7.01. The first-order chi connectivity index (χ1) is 11.3. The first-order valence-electron chi connectivity index (χ1n) is 8.17. The molecule has 1 aliphatic carbocycles. The van der Waals surface area contributed by atoms with Crippen LogP contribution >= 0.6 is 0 Å². The topological polar surface area (TPSA) is 74.7 Å². The fraction of sp³-hybridized carbons (Fsp3) is 0.611. The Kier molecular flexibility index (Phi) is 5.80. The molecule has 132 valence electrons. The van der Waals surface area contributed by atoms with E-state index in [1.54, 1.807) is 24.5 Å². The van der Waals surface area contributed by atoms with Crippen molar-refractivity contribution in [2.75, 3.05) is 7.11 Å². The van der Waals surface area contributed by atoms with Crippen LogP contribution in [0.2, 0.25) is 0 Å². The van der Waals surface area contributed by atoms with Gasteiger partial charge in [-0.1, -0.05) is 0 Å². The van der Waals surface area contributed by atoms with Gasteiger partial charge in [0, 0.05) is 12.4 Å². The fourth-order valence-electron chi connectivity index (χ4n) is 2.92. The van der Waals surface area contributed by atoms with Gasteiger partial charge >= 0.3 is 11.9 Å². The summed E-state index contributed by atoms with van der Waals surface area (Å²) in [6.07, 6.45) is 4.80. The van der Waals surface area contributed by atoms with Gasteiger partial charge in [-0.15, -0.1) is 0 Å². The molecule has 0 spiro atoms. The van der Waals surface area contributed by atoms with E-state index in [1.165, 1.54) is 7.11 Å². The average molecular weight is 335 g/mol. The minimum Gasteiger partial charge on any atom is -0.490 e. The number of methoxy groups -OCH3 is 1. The molecule has 0 amide bonds. The fourth-order valence-corrected chi connectivity index (χ4v) is 2.92. The predicted molar refractivity (Wildman–Crippen MR) is 87.3 cm³/mol. The van der Waals surface area contributed by atoms with Crippen LogP contribution in [-0.2, 0) is 19.1 Å². The average Bonchev–Trinajstić information content (AvgIpc) is 2.53. The Morgan fingerprint density at radius 2 is 1.75 bits per heavy atom. The standard InChI is InChI=1S/C18H25NO5/c1-18(2,3)24-17(21)14-6-5-13(11-15(14)16(20)22-4)23-12-7-9-19-10-8-12/h7-10,13-15H,5-6,11H2,1-4H3/t13-,14+,15+/m1/s1. The number of carbonyl (C=O) groups excluding carboxylic acids is 2. The normalized spacial score (nSPS) is 24.1. The highest BCUT2D eigenvalue weighted by atomic mass is 16.6. The molecule has 0 bridgehead atoms. The number of nitrogens with zero attached hydrogens (tertiary/aromatic N) is 1. The summed E-state index contributed by atoms with van der Waals surface area (Å²) in [5, 5.41) is 0. The Hall–Kier alpha value is -2.11. The summed E-state index contributed by atoms with van der Waals surface area (Å²) < 4.78 is 16.3. The molecule has 0 aliphatic heterocycles. The van der Waals surface area contributed by atoms with Gasteiger partial charge in [-0.2, -0.15) is 0 Å². The molecule has 2 rings (SSSR count). The molecular formula is C18H25NO5. The molecule has 1 fully saturated rings. The lowest BCUT2D eigenvalue weighted by molar-refractivity contribution is -0.170. The lowest BCUT2D eigenvalue weighted by Gasteiger charge is -2.34. The van der Waals surface area contributed by atoms with E-state index in [0.29, 0.717) is 25.0 Å². The maximum absolute atomic E-state index is 12.4. The second kappa shape index (κ2) is 7.64. The molecule has 1 aromatic rings. The predicted octanol–water partition coefficient (Wildman–Crippen LogP) is 2.76. The molecule has 3 atom stereocenters. The highest BCUT2D eigenvalue weighted by Gasteiger charge is 2.42. The van der Waals surface area contributed by atoms with Gasteiger partial charge < -0.3 is 14.2 Å². The van der Waals surface area contributed by atoms with Crippen molar-refractivity contribution in [3.8, 4) is 5.75 Å². The Bertz CT molecular complexity index is 567. The number of pyridine rings is 1. The summed E-state index contributed by atoms with van der Waals surface area (Å²) in [5.41, 5.74) is -0.581. The van der Waals surface area contributed by atoms with Crippen molar-refractivity contribution in [1.29, 1.82) is 0 Å². The molecule has 6 heteroatoms. The van der Waals surface area contributed by atoms with Gasteiger partial charge in [0.25, 0.3) is 0 Å². The smallest absolute Gasteiger partial charge is 0.310 e. The van der Waals surface area contributed by atoms with Gasteiger partial charge in [0.2, 0.25) is 0 Å². The summed E-state index contributed by atoms with van der Waals surface area (Å²) in [6.45, 7) is 5.45. The monoisotopic (exact) mass is 335 g/mol. The van der Waals surface area contributed by atoms with Gasteiger partial charge in [0.05, 0.1) is 25.0 Å². The van der Waals surface area contributed by atoms with Crippen LogP contribution < -0.4 is 4.74 Å². The third-order valence-electron chi connectivity index (χ3n) is 3.97. The van der Waals surface area contributed by atoms with Crippen LogP contribution in [0.3, 0.4) is 0 Å². The van der Waals surface area contributed by atoms with Crippen molar-refractivity contribution in [3.05, 3.63) is 24.5 Å². The number of aromatic nitrogens is 1. The van der Waals surface area contributed by atoms with Crippen molar-refractivity contribution >= 4 is 11.9 Å². The van der Waals surface area contributed by atoms with Crippen LogP contribution in [0.15, 0.2) is 24.5 Å². The van der Waals surface area contributed by atoms with Crippen molar-refractivity contribution in [2.45, 2.75) is 51.7 Å². The lowest BCUT2D eigenvalue weighted by atomic mass is 9.77. The van der Waals surface area contributed by atoms with Crippen LogP contribution in [-0.4, -0.2) is 35.7 Å². The molecule has 1 aliphatic rings. The zero-order valence-electron chi connectivity index (χ0n) is 14.7. The van der Waals surface area contributed by atoms with Crippen molar-refractivity contribution < 1.29 is 23.8 Å². The van der Waals surface area contributed by atoms with Crippen LogP contribution in [0.4, 0.5) is 0 Å². The third kappa shape index (κ3) is 4.94. The Balaban J connectivity index is 2.07. The van der Waals surface area contributed by atoms with Gasteiger partial charge in [-0.25, -0.2) is 0 Å². The molecule has 6 nitrogen and oxygen atoms in total. The minimum atomic E-state index is -0.581. The summed E-state index contributed by atoms with van der Waals surface area (Å²) in [7, 11) is 1.34. The number of esters is 2. The second-order valence-electron chi connectivity index (χ2n) is 7.01. The number of carbonyl (C=O) groups is 2. The zero-order chi connectivity index (χ0) is 17.7. The highest BCUT2D eigenvalue weighted by molar-refractivity contribution is 5.82. The van der Waals surface area contributed by atoms with E-state index in [9.17, 15) is 9.59 Å². The van der Waals surface area contributed by atoms with Gasteiger partial charge in [-0.05, 0) is 52.2 Å². The van der Waals surface area contributed by atoms with Crippen LogP contribution in [0, 0.1) is 11.8 Å². The molecule has 0 aromatic carbocycles. The molecule has 0 unspecified atom stereocenters. The van der Waals surface area contributed by atoms with Gasteiger partial charge in [0.15, 0.2) is 0 Å². The first-order valence-corrected chi connectivity index (χ1v) is 8.17. The number of ether oxygens (including phenoxy) is 3. The first kappa shape index (κ1) is 18.2. The molecule has 1 aromatic heterocycles. The highest BCUT2D eigenvalue weighted by Crippen LogP contribution is 2.35. The van der Waals surface area contributed by atoms with E-state index < -0.39 is 23.4 Å². The van der Waals surface area contributed by atoms with E-state index in [-0.39, 0.29) is 12.1 Å². The van der Waals surface area contributed by atoms with E-state index in [0.717, 1.165) is 0 Å². The van der Waals surface area contributed by atoms with Crippen LogP contribution in [0.1, 0.15) is 40.0 Å². The summed E-state index contributed by atoms with van der Waals surface area (Å²) in [5.74, 6) is -1.08. The summed E-state index contributed by atoms with van der Waals surface area (Å²) in [4.78, 5) is 28.5. The molecule has 0 radical (unpaired) electrons. The largest absolute Gasteiger partial charge is 0.490 e. The minimum absolute atomic E-state index is 0.143. The SMILES string of the molecule is COC(=O)[C@H]1C[C@H](Oc2ccncc2)CC[C@@H]1C(=O)OC(C)(C)C. The molecule has 1 heterocycles. The molecule has 0 N–H and O–H groups in total. The van der Waals surface area contributed by atoms with Crippen molar-refractivity contribution in [2.24, 2.45) is 11.8 Å². The zero-order valence-corrected chi connectivity index (χ0v) is 14.7. The molecule has 0 saturated heterocycles. The molecular weight excluding hydrogens is 310 g/mol. The van der Waals surface area contributed by atoms with Gasteiger partial charge in [-0.3, -0.25) is 14.6 Å². The maximum Gasteiger partial charge on any atom is 0.310 e.